The van der Waals surface area contributed by atoms with E-state index in [2.05, 4.69) is 10.6 Å². The number of hydrogen-bond donors (Lipinski definition) is 2. The molecule has 0 aromatic heterocycles. The minimum Gasteiger partial charge on any atom is -0.493 e. The Labute approximate surface area is 153 Å². The average Bonchev–Trinajstić information content (AvgIpc) is 3.01. The van der Waals surface area contributed by atoms with E-state index >= 15 is 0 Å². The van der Waals surface area contributed by atoms with Crippen LogP contribution in [0.25, 0.3) is 0 Å². The van der Waals surface area contributed by atoms with Crippen molar-refractivity contribution in [1.29, 1.82) is 0 Å². The number of benzene rings is 2. The van der Waals surface area contributed by atoms with Gasteiger partial charge in [-0.05, 0) is 62.2 Å². The van der Waals surface area contributed by atoms with Gasteiger partial charge in [0.25, 0.3) is 5.91 Å². The van der Waals surface area contributed by atoms with E-state index in [1.165, 1.54) is 0 Å². The van der Waals surface area contributed by atoms with E-state index in [4.69, 9.17) is 4.74 Å². The smallest absolute Gasteiger partial charge is 0.251 e. The minimum atomic E-state index is -0.287. The molecule has 0 atom stereocenters. The van der Waals surface area contributed by atoms with Gasteiger partial charge in [0.2, 0.25) is 5.91 Å². The summed E-state index contributed by atoms with van der Waals surface area (Å²) in [6.07, 6.45) is 1.20. The van der Waals surface area contributed by atoms with Gasteiger partial charge in [-0.2, -0.15) is 0 Å². The molecule has 0 spiro atoms. The first kappa shape index (κ1) is 18.0. The van der Waals surface area contributed by atoms with Gasteiger partial charge in [-0.1, -0.05) is 12.1 Å². The highest BCUT2D eigenvalue weighted by atomic mass is 16.5. The van der Waals surface area contributed by atoms with Crippen LogP contribution in [0, 0.1) is 0 Å². The Balaban J connectivity index is 1.58. The van der Waals surface area contributed by atoms with Crippen molar-refractivity contribution in [2.45, 2.75) is 39.2 Å². The Morgan fingerprint density at radius 1 is 1.08 bits per heavy atom. The van der Waals surface area contributed by atoms with Crippen LogP contribution < -0.4 is 15.4 Å². The van der Waals surface area contributed by atoms with E-state index in [0.29, 0.717) is 24.3 Å². The molecule has 1 aliphatic heterocycles. The fourth-order valence-electron chi connectivity index (χ4n) is 2.86. The first-order valence-electron chi connectivity index (χ1n) is 8.77. The molecule has 26 heavy (non-hydrogen) atoms. The number of nitrogens with one attached hydrogen (secondary N) is 2. The second-order valence-electron chi connectivity index (χ2n) is 7.55. The van der Waals surface area contributed by atoms with Gasteiger partial charge in [-0.25, -0.2) is 0 Å². The third kappa shape index (κ3) is 4.63. The molecule has 0 fully saturated rings. The van der Waals surface area contributed by atoms with Gasteiger partial charge >= 0.3 is 0 Å². The van der Waals surface area contributed by atoms with Crippen molar-refractivity contribution < 1.29 is 14.3 Å². The molecular weight excluding hydrogens is 328 g/mol. The van der Waals surface area contributed by atoms with E-state index < -0.39 is 0 Å². The monoisotopic (exact) mass is 352 g/mol. The number of anilines is 1. The van der Waals surface area contributed by atoms with Crippen LogP contribution in [0.3, 0.4) is 0 Å². The number of amides is 2. The lowest BCUT2D eigenvalue weighted by Gasteiger charge is -2.20. The van der Waals surface area contributed by atoms with E-state index in [1.807, 2.05) is 39.0 Å². The maximum absolute atomic E-state index is 12.3. The first-order chi connectivity index (χ1) is 12.3. The number of carbonyl (C=O) groups excluding carboxylic acids is 2. The van der Waals surface area contributed by atoms with Crippen LogP contribution in [0.1, 0.15) is 42.3 Å². The summed E-state index contributed by atoms with van der Waals surface area (Å²) in [6.45, 7) is 6.51. The molecule has 0 aliphatic carbocycles. The van der Waals surface area contributed by atoms with Crippen LogP contribution in [0.15, 0.2) is 42.5 Å². The predicted molar refractivity (Wildman–Crippen MR) is 102 cm³/mol. The zero-order valence-electron chi connectivity index (χ0n) is 15.4. The fourth-order valence-corrected chi connectivity index (χ4v) is 2.86. The van der Waals surface area contributed by atoms with E-state index in [1.54, 1.807) is 24.3 Å². The summed E-state index contributed by atoms with van der Waals surface area (Å²) in [6, 6.07) is 12.8. The van der Waals surface area contributed by atoms with Gasteiger partial charge in [0.05, 0.1) is 13.0 Å². The summed E-state index contributed by atoms with van der Waals surface area (Å²) in [5.41, 5.74) is 3.08. The molecule has 0 radical (unpaired) electrons. The molecule has 136 valence electrons. The SMILES string of the molecule is CC(C)(C)NC(=O)c1ccc(NC(=O)Cc2ccc3c(c2)CCO3)cc1. The van der Waals surface area contributed by atoms with Crippen LogP contribution in [-0.4, -0.2) is 24.0 Å². The molecule has 5 nitrogen and oxygen atoms in total. The Kier molecular flexibility index (Phi) is 4.98. The van der Waals surface area contributed by atoms with Crippen molar-refractivity contribution in [1.82, 2.24) is 5.32 Å². The molecule has 0 bridgehead atoms. The maximum Gasteiger partial charge on any atom is 0.251 e. The Morgan fingerprint density at radius 3 is 2.50 bits per heavy atom. The van der Waals surface area contributed by atoms with E-state index in [9.17, 15) is 9.59 Å². The van der Waals surface area contributed by atoms with Crippen molar-refractivity contribution in [3.8, 4) is 5.75 Å². The lowest BCUT2D eigenvalue weighted by atomic mass is 10.1. The summed E-state index contributed by atoms with van der Waals surface area (Å²) < 4.78 is 5.48. The average molecular weight is 352 g/mol. The van der Waals surface area contributed by atoms with Crippen molar-refractivity contribution >= 4 is 17.5 Å². The second-order valence-corrected chi connectivity index (χ2v) is 7.55. The summed E-state index contributed by atoms with van der Waals surface area (Å²) >= 11 is 0. The number of hydrogen-bond acceptors (Lipinski definition) is 3. The van der Waals surface area contributed by atoms with Gasteiger partial charge in [0.1, 0.15) is 5.75 Å². The molecule has 2 amide bonds. The van der Waals surface area contributed by atoms with Gasteiger partial charge in [0, 0.05) is 23.2 Å². The maximum atomic E-state index is 12.3. The molecule has 0 saturated carbocycles. The van der Waals surface area contributed by atoms with E-state index in [-0.39, 0.29) is 17.4 Å². The molecule has 5 heteroatoms. The molecule has 0 saturated heterocycles. The van der Waals surface area contributed by atoms with Crippen molar-refractivity contribution in [2.75, 3.05) is 11.9 Å². The fraction of sp³-hybridized carbons (Fsp3) is 0.333. The summed E-state index contributed by atoms with van der Waals surface area (Å²) in [7, 11) is 0. The molecule has 1 aliphatic rings. The Morgan fingerprint density at radius 2 is 1.81 bits per heavy atom. The van der Waals surface area contributed by atoms with Crippen molar-refractivity contribution in [2.24, 2.45) is 0 Å². The van der Waals surface area contributed by atoms with Gasteiger partial charge in [0.15, 0.2) is 0 Å². The number of fused-ring (bicyclic) bond motifs is 1. The Hall–Kier alpha value is -2.82. The molecule has 2 aromatic rings. The van der Waals surface area contributed by atoms with Crippen LogP contribution in [0.2, 0.25) is 0 Å². The second kappa shape index (κ2) is 7.20. The standard InChI is InChI=1S/C21H24N2O3/c1-21(2,3)23-20(25)15-5-7-17(8-6-15)22-19(24)13-14-4-9-18-16(12-14)10-11-26-18/h4-9,12H,10-11,13H2,1-3H3,(H,22,24)(H,23,25). The van der Waals surface area contributed by atoms with Crippen LogP contribution in [0.4, 0.5) is 5.69 Å². The van der Waals surface area contributed by atoms with Gasteiger partial charge < -0.3 is 15.4 Å². The zero-order chi connectivity index (χ0) is 18.7. The molecule has 0 unspecified atom stereocenters. The van der Waals surface area contributed by atoms with E-state index in [0.717, 1.165) is 23.3 Å². The number of ether oxygens (including phenoxy) is 1. The highest BCUT2D eigenvalue weighted by molar-refractivity contribution is 5.96. The molecule has 2 aromatic carbocycles. The number of carbonyl (C=O) groups is 2. The van der Waals surface area contributed by atoms with Crippen LogP contribution in [-0.2, 0) is 17.6 Å². The number of rotatable bonds is 4. The highest BCUT2D eigenvalue weighted by Gasteiger charge is 2.16. The summed E-state index contributed by atoms with van der Waals surface area (Å²) in [5, 5.41) is 5.78. The first-order valence-corrected chi connectivity index (χ1v) is 8.77. The Bertz CT molecular complexity index is 820. The van der Waals surface area contributed by atoms with Crippen LogP contribution in [0.5, 0.6) is 5.75 Å². The van der Waals surface area contributed by atoms with Crippen LogP contribution >= 0.6 is 0 Å². The summed E-state index contributed by atoms with van der Waals surface area (Å²) in [5.74, 6) is 0.699. The lowest BCUT2D eigenvalue weighted by molar-refractivity contribution is -0.115. The molecule has 2 N–H and O–H groups in total. The van der Waals surface area contributed by atoms with Gasteiger partial charge in [-0.15, -0.1) is 0 Å². The topological polar surface area (TPSA) is 67.4 Å². The third-order valence-corrected chi connectivity index (χ3v) is 4.04. The van der Waals surface area contributed by atoms with Crippen molar-refractivity contribution in [3.63, 3.8) is 0 Å². The molecule has 3 rings (SSSR count). The summed E-state index contributed by atoms with van der Waals surface area (Å²) in [4.78, 5) is 24.4. The highest BCUT2D eigenvalue weighted by Crippen LogP contribution is 2.26. The predicted octanol–water partition coefficient (Wildman–Crippen LogP) is 3.33. The molecule has 1 heterocycles. The van der Waals surface area contributed by atoms with Crippen molar-refractivity contribution in [3.05, 3.63) is 59.2 Å². The zero-order valence-corrected chi connectivity index (χ0v) is 15.4. The third-order valence-electron chi connectivity index (χ3n) is 4.04. The normalized spacial score (nSPS) is 12.9. The quantitative estimate of drug-likeness (QED) is 0.887. The lowest BCUT2D eigenvalue weighted by Crippen LogP contribution is -2.40. The molecular formula is C21H24N2O3. The largest absolute Gasteiger partial charge is 0.493 e. The van der Waals surface area contributed by atoms with Gasteiger partial charge in [-0.3, -0.25) is 9.59 Å². The minimum absolute atomic E-state index is 0.0873.